The van der Waals surface area contributed by atoms with Crippen molar-refractivity contribution >= 4 is 11.9 Å². The molecule has 0 radical (unpaired) electrons. The van der Waals surface area contributed by atoms with Crippen molar-refractivity contribution in [1.82, 2.24) is 0 Å². The van der Waals surface area contributed by atoms with Crippen LogP contribution >= 0.6 is 0 Å². The first-order chi connectivity index (χ1) is 7.49. The Morgan fingerprint density at radius 1 is 1.50 bits per heavy atom. The second kappa shape index (κ2) is 3.61. The molecule has 0 amide bonds. The Bertz CT molecular complexity index is 371. The standard InChI is InChI=1S/C12H16O4/c1-2-7-3-8-5-12(11(15)16,6-10(13)14)9(8)4-7/h4,8-9H,2-3,5-6H2,1H3,(H,13,14)(H,15,16)/t8-,9-,12+/m1/s1. The number of hydrogen-bond donors (Lipinski definition) is 2. The fraction of sp³-hybridized carbons (Fsp3) is 0.667. The maximum Gasteiger partial charge on any atom is 0.310 e. The Kier molecular flexibility index (Phi) is 2.52. The third-order valence-corrected chi connectivity index (χ3v) is 4.06. The topological polar surface area (TPSA) is 74.6 Å². The molecule has 1 fully saturated rings. The van der Waals surface area contributed by atoms with Crippen molar-refractivity contribution in [1.29, 1.82) is 0 Å². The molecule has 2 N–H and O–H groups in total. The lowest BCUT2D eigenvalue weighted by Crippen LogP contribution is -2.52. The van der Waals surface area contributed by atoms with Gasteiger partial charge in [-0.25, -0.2) is 0 Å². The van der Waals surface area contributed by atoms with Crippen molar-refractivity contribution in [3.05, 3.63) is 11.6 Å². The third-order valence-electron chi connectivity index (χ3n) is 4.06. The van der Waals surface area contributed by atoms with Gasteiger partial charge in [-0.2, -0.15) is 0 Å². The number of fused-ring (bicyclic) bond motifs is 1. The lowest BCUT2D eigenvalue weighted by atomic mass is 9.53. The van der Waals surface area contributed by atoms with Gasteiger partial charge in [0, 0.05) is 0 Å². The van der Waals surface area contributed by atoms with E-state index in [1.165, 1.54) is 5.57 Å². The number of carbonyl (C=O) groups is 2. The van der Waals surface area contributed by atoms with Gasteiger partial charge < -0.3 is 10.2 Å². The number of aliphatic carboxylic acids is 2. The Hall–Kier alpha value is -1.32. The molecular formula is C12H16O4. The molecule has 0 aromatic rings. The predicted octanol–water partition coefficient (Wildman–Crippen LogP) is 1.91. The molecule has 0 aromatic heterocycles. The monoisotopic (exact) mass is 224 g/mol. The number of rotatable bonds is 4. The highest BCUT2D eigenvalue weighted by atomic mass is 16.4. The van der Waals surface area contributed by atoms with Crippen LogP contribution in [0.4, 0.5) is 0 Å². The summed E-state index contributed by atoms with van der Waals surface area (Å²) in [5.74, 6) is -1.66. The molecule has 4 heteroatoms. The van der Waals surface area contributed by atoms with E-state index in [2.05, 4.69) is 6.92 Å². The Morgan fingerprint density at radius 3 is 2.69 bits per heavy atom. The second-order valence-electron chi connectivity index (χ2n) is 4.90. The number of hydrogen-bond acceptors (Lipinski definition) is 2. The summed E-state index contributed by atoms with van der Waals surface area (Å²) in [7, 11) is 0. The zero-order valence-corrected chi connectivity index (χ0v) is 9.27. The van der Waals surface area contributed by atoms with Gasteiger partial charge in [0.15, 0.2) is 0 Å². The van der Waals surface area contributed by atoms with E-state index in [4.69, 9.17) is 5.11 Å². The van der Waals surface area contributed by atoms with Crippen molar-refractivity contribution < 1.29 is 19.8 Å². The summed E-state index contributed by atoms with van der Waals surface area (Å²) < 4.78 is 0. The van der Waals surface area contributed by atoms with Crippen molar-refractivity contribution in [3.8, 4) is 0 Å². The normalized spacial score (nSPS) is 36.2. The summed E-state index contributed by atoms with van der Waals surface area (Å²) in [6.07, 6.45) is 4.16. The van der Waals surface area contributed by atoms with Gasteiger partial charge in [-0.05, 0) is 31.1 Å². The van der Waals surface area contributed by atoms with Crippen LogP contribution in [-0.4, -0.2) is 22.2 Å². The summed E-state index contributed by atoms with van der Waals surface area (Å²) in [6, 6.07) is 0. The average Bonchev–Trinajstić information content (AvgIpc) is 2.52. The Balaban J connectivity index is 2.22. The molecule has 0 aliphatic heterocycles. The van der Waals surface area contributed by atoms with E-state index in [0.29, 0.717) is 12.3 Å². The molecule has 2 aliphatic carbocycles. The van der Waals surface area contributed by atoms with E-state index < -0.39 is 17.4 Å². The Morgan fingerprint density at radius 2 is 2.19 bits per heavy atom. The zero-order valence-electron chi connectivity index (χ0n) is 9.27. The minimum atomic E-state index is -1.03. The van der Waals surface area contributed by atoms with E-state index in [9.17, 15) is 14.7 Å². The van der Waals surface area contributed by atoms with Crippen LogP contribution in [-0.2, 0) is 9.59 Å². The molecule has 0 heterocycles. The van der Waals surface area contributed by atoms with Gasteiger partial charge in [0.2, 0.25) is 0 Å². The van der Waals surface area contributed by atoms with Gasteiger partial charge in [-0.15, -0.1) is 0 Å². The molecule has 2 aliphatic rings. The second-order valence-corrected chi connectivity index (χ2v) is 4.90. The molecule has 0 bridgehead atoms. The quantitative estimate of drug-likeness (QED) is 0.715. The fourth-order valence-corrected chi connectivity index (χ4v) is 3.20. The average molecular weight is 224 g/mol. The fourth-order valence-electron chi connectivity index (χ4n) is 3.20. The van der Waals surface area contributed by atoms with Crippen LogP contribution in [0.1, 0.15) is 32.6 Å². The van der Waals surface area contributed by atoms with Gasteiger partial charge in [-0.3, -0.25) is 9.59 Å². The molecule has 3 atom stereocenters. The van der Waals surface area contributed by atoms with Crippen LogP contribution in [0.5, 0.6) is 0 Å². The largest absolute Gasteiger partial charge is 0.481 e. The number of carboxylic acid groups (broad SMARTS) is 2. The molecule has 0 aromatic carbocycles. The first-order valence-electron chi connectivity index (χ1n) is 5.64. The smallest absolute Gasteiger partial charge is 0.310 e. The Labute approximate surface area is 94.0 Å². The maximum absolute atomic E-state index is 11.3. The molecular weight excluding hydrogens is 208 g/mol. The van der Waals surface area contributed by atoms with E-state index in [0.717, 1.165) is 12.8 Å². The maximum atomic E-state index is 11.3. The highest BCUT2D eigenvalue weighted by Crippen LogP contribution is 2.60. The van der Waals surface area contributed by atoms with E-state index >= 15 is 0 Å². The van der Waals surface area contributed by atoms with Crippen LogP contribution in [0.15, 0.2) is 11.6 Å². The molecule has 1 saturated carbocycles. The van der Waals surface area contributed by atoms with Crippen LogP contribution in [0, 0.1) is 17.3 Å². The van der Waals surface area contributed by atoms with Crippen molar-refractivity contribution in [2.75, 3.05) is 0 Å². The van der Waals surface area contributed by atoms with Crippen molar-refractivity contribution in [2.45, 2.75) is 32.6 Å². The third kappa shape index (κ3) is 1.44. The summed E-state index contributed by atoms with van der Waals surface area (Å²) in [6.45, 7) is 2.05. The van der Waals surface area contributed by atoms with E-state index in [1.54, 1.807) is 0 Å². The zero-order chi connectivity index (χ0) is 11.9. The molecule has 16 heavy (non-hydrogen) atoms. The van der Waals surface area contributed by atoms with E-state index in [1.807, 2.05) is 6.08 Å². The van der Waals surface area contributed by atoms with Crippen molar-refractivity contribution in [2.24, 2.45) is 17.3 Å². The molecule has 88 valence electrons. The summed E-state index contributed by atoms with van der Waals surface area (Å²) >= 11 is 0. The SMILES string of the molecule is CCC1=C[C@@H]2[C@H](C1)C[C@@]2(CC(=O)O)C(=O)O. The number of carboxylic acids is 2. The summed E-state index contributed by atoms with van der Waals surface area (Å²) in [5.41, 5.74) is 0.247. The highest BCUT2D eigenvalue weighted by molar-refractivity contribution is 5.83. The van der Waals surface area contributed by atoms with E-state index in [-0.39, 0.29) is 12.3 Å². The molecule has 2 rings (SSSR count). The highest BCUT2D eigenvalue weighted by Gasteiger charge is 2.60. The minimum Gasteiger partial charge on any atom is -0.481 e. The van der Waals surface area contributed by atoms with Gasteiger partial charge in [0.05, 0.1) is 11.8 Å². The van der Waals surface area contributed by atoms with Gasteiger partial charge >= 0.3 is 11.9 Å². The first-order valence-corrected chi connectivity index (χ1v) is 5.64. The van der Waals surface area contributed by atoms with Crippen molar-refractivity contribution in [3.63, 3.8) is 0 Å². The molecule has 4 nitrogen and oxygen atoms in total. The van der Waals surface area contributed by atoms with Crippen LogP contribution in [0.2, 0.25) is 0 Å². The predicted molar refractivity (Wildman–Crippen MR) is 56.9 cm³/mol. The molecule has 0 spiro atoms. The first kappa shape index (κ1) is 11.2. The van der Waals surface area contributed by atoms with Gasteiger partial charge in [0.1, 0.15) is 0 Å². The lowest BCUT2D eigenvalue weighted by molar-refractivity contribution is -0.170. The summed E-state index contributed by atoms with van der Waals surface area (Å²) in [4.78, 5) is 22.1. The summed E-state index contributed by atoms with van der Waals surface area (Å²) in [5, 5.41) is 18.1. The number of allylic oxidation sites excluding steroid dienone is 2. The van der Waals surface area contributed by atoms with Crippen LogP contribution in [0.3, 0.4) is 0 Å². The minimum absolute atomic E-state index is 0.0592. The molecule has 0 saturated heterocycles. The van der Waals surface area contributed by atoms with Crippen LogP contribution in [0.25, 0.3) is 0 Å². The van der Waals surface area contributed by atoms with Gasteiger partial charge in [-0.1, -0.05) is 18.6 Å². The van der Waals surface area contributed by atoms with Crippen LogP contribution < -0.4 is 0 Å². The lowest BCUT2D eigenvalue weighted by Gasteiger charge is -2.48. The molecule has 0 unspecified atom stereocenters. The van der Waals surface area contributed by atoms with Gasteiger partial charge in [0.25, 0.3) is 0 Å².